The Morgan fingerprint density at radius 2 is 1.79 bits per heavy atom. The number of halogens is 1. The monoisotopic (exact) mass is 396 g/mol. The van der Waals surface area contributed by atoms with Crippen LogP contribution < -0.4 is 9.47 Å². The number of carbonyl (C=O) groups is 2. The Morgan fingerprint density at radius 1 is 1.07 bits per heavy atom. The minimum Gasteiger partial charge on any atom is -0.426 e. The van der Waals surface area contributed by atoms with Crippen molar-refractivity contribution in [3.05, 3.63) is 71.4 Å². The second kappa shape index (κ2) is 7.48. The lowest BCUT2D eigenvalue weighted by Gasteiger charge is -2.06. The maximum Gasteiger partial charge on any atom is 0.315 e. The van der Waals surface area contributed by atoms with Crippen LogP contribution in [0.1, 0.15) is 25.0 Å². The third kappa shape index (κ3) is 3.92. The second-order valence-corrected chi connectivity index (χ2v) is 7.01. The van der Waals surface area contributed by atoms with Gasteiger partial charge in [0.15, 0.2) is 0 Å². The van der Waals surface area contributed by atoms with Crippen molar-refractivity contribution in [3.8, 4) is 17.3 Å². The molecule has 6 nitrogen and oxygen atoms in total. The average molecular weight is 397 g/mol. The fraction of sp³-hybridized carbons (Fsp3) is 0.190. The third-order valence-corrected chi connectivity index (χ3v) is 4.70. The van der Waals surface area contributed by atoms with Crippen LogP contribution in [0.5, 0.6) is 11.6 Å². The summed E-state index contributed by atoms with van der Waals surface area (Å²) in [7, 11) is 0. The lowest BCUT2D eigenvalue weighted by atomic mass is 10.2. The molecule has 1 saturated carbocycles. The number of hydrogen-bond donors (Lipinski definition) is 0. The van der Waals surface area contributed by atoms with E-state index in [2.05, 4.69) is 5.10 Å². The Morgan fingerprint density at radius 3 is 2.46 bits per heavy atom. The predicted octanol–water partition coefficient (Wildman–Crippen LogP) is 4.16. The van der Waals surface area contributed by atoms with Crippen molar-refractivity contribution in [2.45, 2.75) is 19.3 Å². The number of esters is 2. The molecule has 3 aromatic rings. The van der Waals surface area contributed by atoms with E-state index in [1.165, 1.54) is 11.6 Å². The Bertz CT molecular complexity index is 1010. The molecule has 1 aliphatic rings. The van der Waals surface area contributed by atoms with Gasteiger partial charge in [0.2, 0.25) is 5.88 Å². The minimum absolute atomic E-state index is 0.0703. The van der Waals surface area contributed by atoms with Gasteiger partial charge >= 0.3 is 11.9 Å². The molecule has 1 fully saturated rings. The summed E-state index contributed by atoms with van der Waals surface area (Å²) in [6.07, 6.45) is 0.642. The number of hydrogen-bond acceptors (Lipinski definition) is 5. The van der Waals surface area contributed by atoms with Gasteiger partial charge in [-0.15, -0.1) is 0 Å². The van der Waals surface area contributed by atoms with Gasteiger partial charge in [0.25, 0.3) is 0 Å². The van der Waals surface area contributed by atoms with Crippen molar-refractivity contribution in [2.75, 3.05) is 0 Å². The molecule has 1 aliphatic carbocycles. The highest BCUT2D eigenvalue weighted by atomic mass is 35.5. The maximum atomic E-state index is 12.4. The molecule has 0 aliphatic heterocycles. The number of ether oxygens (including phenoxy) is 2. The summed E-state index contributed by atoms with van der Waals surface area (Å²) < 4.78 is 12.2. The number of benzene rings is 2. The molecule has 4 rings (SSSR count). The number of para-hydroxylation sites is 1. The highest BCUT2D eigenvalue weighted by molar-refractivity contribution is 6.30. The molecule has 1 aromatic heterocycles. The predicted molar refractivity (Wildman–Crippen MR) is 103 cm³/mol. The van der Waals surface area contributed by atoms with E-state index in [-0.39, 0.29) is 17.8 Å². The van der Waals surface area contributed by atoms with Crippen molar-refractivity contribution in [1.82, 2.24) is 9.78 Å². The van der Waals surface area contributed by atoms with Gasteiger partial charge in [0.05, 0.1) is 17.3 Å². The first-order chi connectivity index (χ1) is 13.5. The molecule has 0 spiro atoms. The van der Waals surface area contributed by atoms with E-state index in [9.17, 15) is 9.59 Å². The fourth-order valence-electron chi connectivity index (χ4n) is 3.01. The molecule has 0 N–H and O–H groups in total. The molecule has 142 valence electrons. The standard InChI is InChI=1S/C21H17ClN2O4/c1-13(25)27-20-12-19(23-24(20)15-9-7-14(22)8-10-15)17-11-18(17)21(26)28-16-5-3-2-4-6-16/h2-10,12,17-18H,11H2,1H3. The van der Waals surface area contributed by atoms with Gasteiger partial charge in [-0.3, -0.25) is 9.59 Å². The molecular weight excluding hydrogens is 380 g/mol. The first-order valence-electron chi connectivity index (χ1n) is 8.82. The highest BCUT2D eigenvalue weighted by Gasteiger charge is 2.47. The Hall–Kier alpha value is -3.12. The van der Waals surface area contributed by atoms with Gasteiger partial charge in [-0.2, -0.15) is 5.10 Å². The van der Waals surface area contributed by atoms with Gasteiger partial charge in [0.1, 0.15) is 5.75 Å². The molecule has 7 heteroatoms. The Kier molecular flexibility index (Phi) is 4.88. The molecule has 2 unspecified atom stereocenters. The molecule has 0 radical (unpaired) electrons. The average Bonchev–Trinajstić information content (AvgIpc) is 3.38. The van der Waals surface area contributed by atoms with E-state index in [0.29, 0.717) is 34.5 Å². The topological polar surface area (TPSA) is 70.4 Å². The molecule has 0 saturated heterocycles. The Balaban J connectivity index is 1.54. The third-order valence-electron chi connectivity index (χ3n) is 4.45. The normalized spacial score (nSPS) is 17.8. The first kappa shape index (κ1) is 18.3. The zero-order chi connectivity index (χ0) is 19.7. The summed E-state index contributed by atoms with van der Waals surface area (Å²) in [6.45, 7) is 1.33. The minimum atomic E-state index is -0.447. The van der Waals surface area contributed by atoms with E-state index in [0.717, 1.165) is 0 Å². The van der Waals surface area contributed by atoms with Gasteiger partial charge < -0.3 is 9.47 Å². The fourth-order valence-corrected chi connectivity index (χ4v) is 3.14. The summed E-state index contributed by atoms with van der Waals surface area (Å²) in [5, 5.41) is 5.15. The maximum absolute atomic E-state index is 12.4. The van der Waals surface area contributed by atoms with Gasteiger partial charge in [0, 0.05) is 23.9 Å². The quantitative estimate of drug-likeness (QED) is 0.478. The number of aromatic nitrogens is 2. The summed E-state index contributed by atoms with van der Waals surface area (Å²) in [6, 6.07) is 17.7. The van der Waals surface area contributed by atoms with E-state index < -0.39 is 5.97 Å². The van der Waals surface area contributed by atoms with Crippen LogP contribution in [0.2, 0.25) is 5.02 Å². The van der Waals surface area contributed by atoms with Crippen LogP contribution in [0.3, 0.4) is 0 Å². The number of carbonyl (C=O) groups excluding carboxylic acids is 2. The lowest BCUT2D eigenvalue weighted by molar-refractivity contribution is -0.136. The van der Waals surface area contributed by atoms with E-state index in [4.69, 9.17) is 21.1 Å². The number of rotatable bonds is 5. The van der Waals surface area contributed by atoms with E-state index in [1.807, 2.05) is 18.2 Å². The van der Waals surface area contributed by atoms with E-state index in [1.54, 1.807) is 42.5 Å². The van der Waals surface area contributed by atoms with E-state index >= 15 is 0 Å². The summed E-state index contributed by atoms with van der Waals surface area (Å²) in [5.41, 5.74) is 1.39. The first-order valence-corrected chi connectivity index (χ1v) is 9.20. The van der Waals surface area contributed by atoms with Crippen molar-refractivity contribution in [2.24, 2.45) is 5.92 Å². The molecule has 2 atom stereocenters. The second-order valence-electron chi connectivity index (χ2n) is 6.57. The van der Waals surface area contributed by atoms with Crippen LogP contribution >= 0.6 is 11.6 Å². The zero-order valence-corrected chi connectivity index (χ0v) is 15.8. The van der Waals surface area contributed by atoms with Crippen LogP contribution in [0.4, 0.5) is 0 Å². The van der Waals surface area contributed by atoms with Crippen LogP contribution in [-0.2, 0) is 9.59 Å². The van der Waals surface area contributed by atoms with Crippen LogP contribution in [0.25, 0.3) is 5.69 Å². The van der Waals surface area contributed by atoms with Crippen molar-refractivity contribution in [3.63, 3.8) is 0 Å². The molecule has 0 bridgehead atoms. The summed E-state index contributed by atoms with van der Waals surface area (Å²) >= 11 is 5.94. The van der Waals surface area contributed by atoms with Crippen LogP contribution in [0.15, 0.2) is 60.7 Å². The zero-order valence-electron chi connectivity index (χ0n) is 15.0. The van der Waals surface area contributed by atoms with Gasteiger partial charge in [-0.1, -0.05) is 29.8 Å². The SMILES string of the molecule is CC(=O)Oc1cc(C2CC2C(=O)Oc2ccccc2)nn1-c1ccc(Cl)cc1. The van der Waals surface area contributed by atoms with Crippen molar-refractivity contribution < 1.29 is 19.1 Å². The molecule has 0 amide bonds. The van der Waals surface area contributed by atoms with Crippen LogP contribution in [-0.4, -0.2) is 21.7 Å². The van der Waals surface area contributed by atoms with Gasteiger partial charge in [-0.05, 0) is 42.8 Å². The number of nitrogens with zero attached hydrogens (tertiary/aromatic N) is 2. The largest absolute Gasteiger partial charge is 0.426 e. The highest BCUT2D eigenvalue weighted by Crippen LogP contribution is 2.48. The van der Waals surface area contributed by atoms with Crippen molar-refractivity contribution >= 4 is 23.5 Å². The summed E-state index contributed by atoms with van der Waals surface area (Å²) in [5.74, 6) is -0.251. The van der Waals surface area contributed by atoms with Crippen molar-refractivity contribution in [1.29, 1.82) is 0 Å². The lowest BCUT2D eigenvalue weighted by Crippen LogP contribution is -2.11. The van der Waals surface area contributed by atoms with Crippen LogP contribution in [0, 0.1) is 5.92 Å². The van der Waals surface area contributed by atoms with Gasteiger partial charge in [-0.25, -0.2) is 4.68 Å². The molecule has 28 heavy (non-hydrogen) atoms. The smallest absolute Gasteiger partial charge is 0.315 e. The molecule has 1 heterocycles. The molecule has 2 aromatic carbocycles. The summed E-state index contributed by atoms with van der Waals surface area (Å²) in [4.78, 5) is 23.8. The Labute approximate surface area is 166 Å². The molecular formula is C21H17ClN2O4.